The fourth-order valence-electron chi connectivity index (χ4n) is 1.32. The van der Waals surface area contributed by atoms with Crippen molar-refractivity contribution < 1.29 is 0 Å². The van der Waals surface area contributed by atoms with Gasteiger partial charge in [0, 0.05) is 18.4 Å². The number of nitrogens with zero attached hydrogens (tertiary/aromatic N) is 1. The summed E-state index contributed by atoms with van der Waals surface area (Å²) in [6.45, 7) is 6.43. The standard InChI is InChI=1S/C8H13NS2/c1-5-6(10)9(4)7(11)8(5,2)3/h5H,1-4H3. The monoisotopic (exact) mass is 187 g/mol. The Morgan fingerprint density at radius 2 is 1.82 bits per heavy atom. The molecule has 1 atom stereocenters. The maximum absolute atomic E-state index is 5.27. The summed E-state index contributed by atoms with van der Waals surface area (Å²) in [5.41, 5.74) is 0.0706. The van der Waals surface area contributed by atoms with E-state index in [1.807, 2.05) is 11.9 Å². The molecule has 0 radical (unpaired) electrons. The second-order valence-electron chi connectivity index (χ2n) is 3.65. The van der Waals surface area contributed by atoms with E-state index in [1.165, 1.54) is 0 Å². The van der Waals surface area contributed by atoms with Gasteiger partial charge < -0.3 is 4.90 Å². The topological polar surface area (TPSA) is 3.24 Å². The fourth-order valence-corrected chi connectivity index (χ4v) is 2.04. The van der Waals surface area contributed by atoms with E-state index in [-0.39, 0.29) is 5.41 Å². The summed E-state index contributed by atoms with van der Waals surface area (Å²) in [5, 5.41) is 0. The minimum absolute atomic E-state index is 0.0706. The van der Waals surface area contributed by atoms with E-state index in [2.05, 4.69) is 20.8 Å². The van der Waals surface area contributed by atoms with Crippen molar-refractivity contribution in [2.45, 2.75) is 20.8 Å². The van der Waals surface area contributed by atoms with Crippen molar-refractivity contribution in [3.8, 4) is 0 Å². The van der Waals surface area contributed by atoms with E-state index in [0.29, 0.717) is 5.92 Å². The Morgan fingerprint density at radius 3 is 1.91 bits per heavy atom. The maximum Gasteiger partial charge on any atom is 0.0888 e. The molecular formula is C8H13NS2. The molecule has 1 heterocycles. The molecule has 0 bridgehead atoms. The van der Waals surface area contributed by atoms with Gasteiger partial charge in [0.05, 0.1) is 9.98 Å². The molecule has 0 N–H and O–H groups in total. The number of hydrogen-bond acceptors (Lipinski definition) is 2. The zero-order valence-electron chi connectivity index (χ0n) is 7.34. The minimum Gasteiger partial charge on any atom is -0.333 e. The molecule has 1 rings (SSSR count). The van der Waals surface area contributed by atoms with E-state index < -0.39 is 0 Å². The van der Waals surface area contributed by atoms with E-state index in [1.54, 1.807) is 0 Å². The third kappa shape index (κ3) is 1.11. The molecular weight excluding hydrogens is 174 g/mol. The van der Waals surface area contributed by atoms with Gasteiger partial charge in [0.15, 0.2) is 0 Å². The van der Waals surface area contributed by atoms with E-state index in [4.69, 9.17) is 24.4 Å². The van der Waals surface area contributed by atoms with Crippen LogP contribution in [0.25, 0.3) is 0 Å². The highest BCUT2D eigenvalue weighted by Crippen LogP contribution is 2.37. The van der Waals surface area contributed by atoms with Crippen molar-refractivity contribution in [2.75, 3.05) is 7.05 Å². The molecule has 0 aliphatic carbocycles. The molecule has 1 aliphatic rings. The first-order valence-electron chi connectivity index (χ1n) is 3.71. The first kappa shape index (κ1) is 9.07. The van der Waals surface area contributed by atoms with Crippen molar-refractivity contribution in [3.05, 3.63) is 0 Å². The van der Waals surface area contributed by atoms with E-state index >= 15 is 0 Å². The highest BCUT2D eigenvalue weighted by molar-refractivity contribution is 7.82. The number of thiocarbonyl (C=S) groups is 2. The number of rotatable bonds is 0. The second kappa shape index (κ2) is 2.49. The first-order chi connectivity index (χ1) is 4.89. The molecule has 1 fully saturated rings. The van der Waals surface area contributed by atoms with Crippen molar-refractivity contribution >= 4 is 34.4 Å². The zero-order chi connectivity index (χ0) is 8.81. The summed E-state index contributed by atoms with van der Waals surface area (Å²) < 4.78 is 0. The Balaban J connectivity index is 3.06. The van der Waals surface area contributed by atoms with E-state index in [9.17, 15) is 0 Å². The predicted molar refractivity (Wildman–Crippen MR) is 55.9 cm³/mol. The average molecular weight is 187 g/mol. The van der Waals surface area contributed by atoms with Crippen molar-refractivity contribution in [3.63, 3.8) is 0 Å². The fraction of sp³-hybridized carbons (Fsp3) is 0.750. The van der Waals surface area contributed by atoms with Crippen LogP contribution >= 0.6 is 24.4 Å². The van der Waals surface area contributed by atoms with Crippen LogP contribution in [0.4, 0.5) is 0 Å². The lowest BCUT2D eigenvalue weighted by Crippen LogP contribution is -2.27. The summed E-state index contributed by atoms with van der Waals surface area (Å²) >= 11 is 10.5. The molecule has 1 aliphatic heterocycles. The molecule has 11 heavy (non-hydrogen) atoms. The lowest BCUT2D eigenvalue weighted by Gasteiger charge is -2.21. The van der Waals surface area contributed by atoms with Crippen LogP contribution < -0.4 is 0 Å². The van der Waals surface area contributed by atoms with Gasteiger partial charge in [-0.15, -0.1) is 0 Å². The quantitative estimate of drug-likeness (QED) is 0.536. The molecule has 62 valence electrons. The summed E-state index contributed by atoms with van der Waals surface area (Å²) in [6, 6.07) is 0. The molecule has 1 nitrogen and oxygen atoms in total. The van der Waals surface area contributed by atoms with Gasteiger partial charge >= 0.3 is 0 Å². The van der Waals surface area contributed by atoms with Gasteiger partial charge in [0.25, 0.3) is 0 Å². The number of likely N-dealkylation sites (tertiary alicyclic amines) is 1. The van der Waals surface area contributed by atoms with Crippen LogP contribution in [0.2, 0.25) is 0 Å². The third-order valence-corrected chi connectivity index (χ3v) is 4.07. The van der Waals surface area contributed by atoms with Gasteiger partial charge in [-0.2, -0.15) is 0 Å². The Bertz CT molecular complexity index is 220. The summed E-state index contributed by atoms with van der Waals surface area (Å²) in [4.78, 5) is 3.89. The molecule has 3 heteroatoms. The predicted octanol–water partition coefficient (Wildman–Crippen LogP) is 2.25. The highest BCUT2D eigenvalue weighted by Gasteiger charge is 2.43. The molecule has 0 amide bonds. The Morgan fingerprint density at radius 1 is 1.36 bits per heavy atom. The molecule has 0 spiro atoms. The minimum atomic E-state index is 0.0706. The summed E-state index contributed by atoms with van der Waals surface area (Å²) in [6.07, 6.45) is 0. The van der Waals surface area contributed by atoms with Crippen LogP contribution in [0.5, 0.6) is 0 Å². The third-order valence-electron chi connectivity index (χ3n) is 2.64. The average Bonchev–Trinajstić information content (AvgIpc) is 2.06. The largest absolute Gasteiger partial charge is 0.333 e. The smallest absolute Gasteiger partial charge is 0.0888 e. The zero-order valence-corrected chi connectivity index (χ0v) is 8.97. The number of hydrogen-bond donors (Lipinski definition) is 0. The Labute approximate surface area is 78.8 Å². The van der Waals surface area contributed by atoms with Crippen LogP contribution in [0.1, 0.15) is 20.8 Å². The molecule has 1 saturated heterocycles. The molecule has 0 aromatic carbocycles. The second-order valence-corrected chi connectivity index (χ2v) is 4.45. The summed E-state index contributed by atoms with van der Waals surface area (Å²) in [5.74, 6) is 0.398. The van der Waals surface area contributed by atoms with Crippen molar-refractivity contribution in [1.82, 2.24) is 4.90 Å². The van der Waals surface area contributed by atoms with Gasteiger partial charge in [-0.05, 0) is 0 Å². The van der Waals surface area contributed by atoms with Gasteiger partial charge in [-0.1, -0.05) is 45.2 Å². The lowest BCUT2D eigenvalue weighted by atomic mass is 9.83. The molecule has 0 aromatic heterocycles. The lowest BCUT2D eigenvalue weighted by molar-refractivity contribution is 0.449. The van der Waals surface area contributed by atoms with Crippen LogP contribution in [-0.2, 0) is 0 Å². The van der Waals surface area contributed by atoms with Gasteiger partial charge in [-0.25, -0.2) is 0 Å². The first-order valence-corrected chi connectivity index (χ1v) is 4.52. The van der Waals surface area contributed by atoms with Gasteiger partial charge in [-0.3, -0.25) is 0 Å². The van der Waals surface area contributed by atoms with Crippen LogP contribution in [-0.4, -0.2) is 21.9 Å². The molecule has 1 unspecified atom stereocenters. The van der Waals surface area contributed by atoms with Gasteiger partial charge in [0.1, 0.15) is 0 Å². The summed E-state index contributed by atoms with van der Waals surface area (Å²) in [7, 11) is 1.95. The van der Waals surface area contributed by atoms with Crippen molar-refractivity contribution in [2.24, 2.45) is 11.3 Å². The maximum atomic E-state index is 5.27. The van der Waals surface area contributed by atoms with Gasteiger partial charge in [0.2, 0.25) is 0 Å². The SMILES string of the molecule is CC1C(=S)N(C)C(=S)C1(C)C. The van der Waals surface area contributed by atoms with Crippen LogP contribution in [0.15, 0.2) is 0 Å². The highest BCUT2D eigenvalue weighted by atomic mass is 32.1. The normalized spacial score (nSPS) is 29.8. The molecule has 0 saturated carbocycles. The Hall–Kier alpha value is -0.0200. The van der Waals surface area contributed by atoms with Crippen LogP contribution in [0.3, 0.4) is 0 Å². The van der Waals surface area contributed by atoms with Crippen molar-refractivity contribution in [1.29, 1.82) is 0 Å². The Kier molecular flexibility index (Phi) is 2.05. The van der Waals surface area contributed by atoms with E-state index in [0.717, 1.165) is 9.98 Å². The van der Waals surface area contributed by atoms with Crippen LogP contribution in [0, 0.1) is 11.3 Å². The molecule has 0 aromatic rings.